The zero-order valence-corrected chi connectivity index (χ0v) is 17.0. The first kappa shape index (κ1) is 19.6. The van der Waals surface area contributed by atoms with Gasteiger partial charge in [-0.15, -0.1) is 0 Å². The van der Waals surface area contributed by atoms with Crippen LogP contribution in [0.5, 0.6) is 0 Å². The third kappa shape index (κ3) is 2.69. The normalized spacial score (nSPS) is 14.9. The number of nitro groups is 1. The zero-order valence-electron chi connectivity index (χ0n) is 15.3. The highest BCUT2D eigenvalue weighted by Gasteiger charge is 2.56. The predicted molar refractivity (Wildman–Crippen MR) is 99.7 cm³/mol. The molecule has 0 radical (unpaired) electrons. The van der Waals surface area contributed by atoms with Gasteiger partial charge in [-0.3, -0.25) is 19.7 Å². The first-order chi connectivity index (χ1) is 11.5. The molecule has 6 nitrogen and oxygen atoms in total. The smallest absolute Gasteiger partial charge is 0.288 e. The third-order valence-corrected chi connectivity index (χ3v) is 12.3. The SMILES string of the molecule is CC(C)[Si](C(C)C)(C(C)C)N1C(=O)c2cc(Cl)c([N+](=O)[O-])cc2C1=O. The molecule has 0 spiro atoms. The third-order valence-electron chi connectivity index (χ3n) is 5.31. The summed E-state index contributed by atoms with van der Waals surface area (Å²) in [5, 5.41) is 11.0. The first-order valence-corrected chi connectivity index (χ1v) is 10.9. The fraction of sp³-hybridized carbons (Fsp3) is 0.529. The number of carbonyl (C=O) groups is 2. The second kappa shape index (κ2) is 6.53. The van der Waals surface area contributed by atoms with E-state index in [0.717, 1.165) is 6.07 Å². The lowest BCUT2D eigenvalue weighted by Crippen LogP contribution is -2.62. The summed E-state index contributed by atoms with van der Waals surface area (Å²) >= 11 is 5.95. The van der Waals surface area contributed by atoms with Gasteiger partial charge in [0.1, 0.15) is 5.02 Å². The summed E-state index contributed by atoms with van der Waals surface area (Å²) in [6.45, 7) is 12.3. The van der Waals surface area contributed by atoms with Crippen LogP contribution in [0.25, 0.3) is 0 Å². The molecule has 0 aromatic heterocycles. The monoisotopic (exact) mass is 382 g/mol. The number of imide groups is 1. The lowest BCUT2D eigenvalue weighted by atomic mass is 10.1. The van der Waals surface area contributed by atoms with Gasteiger partial charge in [0.15, 0.2) is 8.24 Å². The van der Waals surface area contributed by atoms with E-state index in [1.807, 2.05) is 41.5 Å². The number of fused-ring (bicyclic) bond motifs is 1. The predicted octanol–water partition coefficient (Wildman–Crippen LogP) is 5.02. The van der Waals surface area contributed by atoms with Gasteiger partial charge in [0.2, 0.25) is 0 Å². The molecule has 2 amide bonds. The number of amides is 2. The molecule has 0 bridgehead atoms. The average molecular weight is 383 g/mol. The van der Waals surface area contributed by atoms with Crippen molar-refractivity contribution >= 4 is 37.3 Å². The molecule has 1 aromatic carbocycles. The van der Waals surface area contributed by atoms with Crippen molar-refractivity contribution in [2.75, 3.05) is 0 Å². The van der Waals surface area contributed by atoms with E-state index >= 15 is 0 Å². The van der Waals surface area contributed by atoms with Gasteiger partial charge in [-0.2, -0.15) is 0 Å². The summed E-state index contributed by atoms with van der Waals surface area (Å²) in [4.78, 5) is 36.7. The van der Waals surface area contributed by atoms with Gasteiger partial charge in [0.05, 0.1) is 16.1 Å². The lowest BCUT2D eigenvalue weighted by molar-refractivity contribution is -0.384. The second-order valence-corrected chi connectivity index (χ2v) is 13.5. The van der Waals surface area contributed by atoms with E-state index in [4.69, 9.17) is 11.6 Å². The van der Waals surface area contributed by atoms with Gasteiger partial charge in [0.25, 0.3) is 17.5 Å². The topological polar surface area (TPSA) is 80.5 Å². The number of benzene rings is 1. The Labute approximate surface area is 153 Å². The van der Waals surface area contributed by atoms with Gasteiger partial charge in [0, 0.05) is 6.07 Å². The van der Waals surface area contributed by atoms with Crippen molar-refractivity contribution in [3.63, 3.8) is 0 Å². The molecule has 0 saturated heterocycles. The Morgan fingerprint density at radius 3 is 1.72 bits per heavy atom. The largest absolute Gasteiger partial charge is 0.303 e. The fourth-order valence-electron chi connectivity index (χ4n) is 4.52. The summed E-state index contributed by atoms with van der Waals surface area (Å²) < 4.78 is 1.44. The van der Waals surface area contributed by atoms with Crippen LogP contribution in [-0.4, -0.2) is 29.5 Å². The lowest BCUT2D eigenvalue weighted by Gasteiger charge is -2.47. The molecule has 0 fully saturated rings. The van der Waals surface area contributed by atoms with E-state index in [2.05, 4.69) is 0 Å². The molecular formula is C17H23ClN2O4Si. The number of halogens is 1. The van der Waals surface area contributed by atoms with Crippen molar-refractivity contribution < 1.29 is 14.5 Å². The van der Waals surface area contributed by atoms with Gasteiger partial charge >= 0.3 is 0 Å². The molecule has 0 unspecified atom stereocenters. The Morgan fingerprint density at radius 1 is 0.960 bits per heavy atom. The van der Waals surface area contributed by atoms with Crippen LogP contribution in [-0.2, 0) is 0 Å². The Bertz CT molecular complexity index is 739. The molecule has 2 rings (SSSR count). The Kier molecular flexibility index (Phi) is 5.12. The van der Waals surface area contributed by atoms with Crippen molar-refractivity contribution in [2.24, 2.45) is 0 Å². The van der Waals surface area contributed by atoms with E-state index in [1.165, 1.54) is 10.6 Å². The standard InChI is InChI=1S/C17H23ClN2O4Si/c1-9(2)25(10(3)4,11(5)6)19-16(21)12-7-14(18)15(20(23)24)8-13(12)17(19)22/h7-11H,1-6H3. The van der Waals surface area contributed by atoms with E-state index in [9.17, 15) is 19.7 Å². The van der Waals surface area contributed by atoms with Crippen LogP contribution >= 0.6 is 11.6 Å². The second-order valence-electron chi connectivity index (χ2n) is 7.40. The van der Waals surface area contributed by atoms with Crippen LogP contribution < -0.4 is 0 Å². The molecule has 1 heterocycles. The molecule has 0 aliphatic carbocycles. The average Bonchev–Trinajstić information content (AvgIpc) is 2.71. The highest BCUT2D eigenvalue weighted by Crippen LogP contribution is 2.47. The van der Waals surface area contributed by atoms with Crippen LogP contribution in [0.1, 0.15) is 62.3 Å². The van der Waals surface area contributed by atoms with Crippen LogP contribution in [0.4, 0.5) is 5.69 Å². The van der Waals surface area contributed by atoms with Crippen LogP contribution in [0.3, 0.4) is 0 Å². The maximum Gasteiger partial charge on any atom is 0.288 e. The number of carbonyl (C=O) groups excluding carboxylic acids is 2. The van der Waals surface area contributed by atoms with Crippen molar-refractivity contribution in [2.45, 2.75) is 58.2 Å². The van der Waals surface area contributed by atoms with Gasteiger partial charge in [-0.25, -0.2) is 0 Å². The van der Waals surface area contributed by atoms with Crippen LogP contribution in [0, 0.1) is 10.1 Å². The van der Waals surface area contributed by atoms with Crippen molar-refractivity contribution in [3.05, 3.63) is 38.4 Å². The number of hydrogen-bond acceptors (Lipinski definition) is 4. The van der Waals surface area contributed by atoms with Gasteiger partial charge in [-0.1, -0.05) is 53.1 Å². The molecule has 1 aliphatic heterocycles. The number of hydrogen-bond donors (Lipinski definition) is 0. The summed E-state index contributed by atoms with van der Waals surface area (Å²) in [5.74, 6) is -0.804. The van der Waals surface area contributed by atoms with Crippen LogP contribution in [0.15, 0.2) is 12.1 Å². The molecule has 0 atom stereocenters. The summed E-state index contributed by atoms with van der Waals surface area (Å²) in [6.07, 6.45) is 0. The molecule has 0 N–H and O–H groups in total. The molecule has 136 valence electrons. The quantitative estimate of drug-likeness (QED) is 0.310. The minimum Gasteiger partial charge on any atom is -0.303 e. The van der Waals surface area contributed by atoms with E-state index in [0.29, 0.717) is 0 Å². The van der Waals surface area contributed by atoms with E-state index < -0.39 is 19.1 Å². The fourth-order valence-corrected chi connectivity index (χ4v) is 11.2. The minimum absolute atomic E-state index is 0.0833. The molecule has 0 saturated carbocycles. The maximum absolute atomic E-state index is 13.1. The summed E-state index contributed by atoms with van der Waals surface area (Å²) in [6, 6.07) is 2.40. The molecule has 25 heavy (non-hydrogen) atoms. The van der Waals surface area contributed by atoms with Crippen molar-refractivity contribution in [3.8, 4) is 0 Å². The van der Waals surface area contributed by atoms with Crippen LogP contribution in [0.2, 0.25) is 21.6 Å². The summed E-state index contributed by atoms with van der Waals surface area (Å²) in [7, 11) is -2.56. The molecule has 1 aliphatic rings. The van der Waals surface area contributed by atoms with E-state index in [1.54, 1.807) is 0 Å². The zero-order chi connectivity index (χ0) is 19.3. The molecule has 8 heteroatoms. The van der Waals surface area contributed by atoms with Crippen molar-refractivity contribution in [1.29, 1.82) is 0 Å². The number of nitrogens with zero attached hydrogens (tertiary/aromatic N) is 2. The maximum atomic E-state index is 13.1. The number of rotatable bonds is 5. The Hall–Kier alpha value is -1.73. The highest BCUT2D eigenvalue weighted by molar-refractivity contribution is 6.85. The minimum atomic E-state index is -2.56. The summed E-state index contributed by atoms with van der Waals surface area (Å²) in [5.41, 5.74) is 0.356. The molecule has 1 aromatic rings. The van der Waals surface area contributed by atoms with Gasteiger partial charge < -0.3 is 4.57 Å². The van der Waals surface area contributed by atoms with E-state index in [-0.39, 0.29) is 44.4 Å². The Balaban J connectivity index is 2.72. The number of nitro benzene ring substituents is 1. The van der Waals surface area contributed by atoms with Crippen molar-refractivity contribution in [1.82, 2.24) is 4.57 Å². The highest BCUT2D eigenvalue weighted by atomic mass is 35.5. The Morgan fingerprint density at radius 2 is 1.36 bits per heavy atom. The molecular weight excluding hydrogens is 360 g/mol. The van der Waals surface area contributed by atoms with Gasteiger partial charge in [-0.05, 0) is 22.7 Å². The first-order valence-electron chi connectivity index (χ1n) is 8.34.